The van der Waals surface area contributed by atoms with Crippen molar-refractivity contribution < 1.29 is 41.3 Å². The smallest absolute Gasteiger partial charge is 0.459 e. The molecule has 1 saturated carbocycles. The SMILES string of the molecule is CCOC(=O)C(F)(F)Oc1cccc(S(=O)(=O)NC2CCCC(N3c4ccccc4Oc4ccccc43)[C@H]2O)c1. The second-order valence-corrected chi connectivity index (χ2v) is 11.2. The molecule has 0 aromatic heterocycles. The number of halogens is 2. The highest BCUT2D eigenvalue weighted by Crippen LogP contribution is 2.49. The lowest BCUT2D eigenvalue weighted by atomic mass is 9.86. The molecule has 2 N–H and O–H groups in total. The van der Waals surface area contributed by atoms with Gasteiger partial charge in [0.25, 0.3) is 0 Å². The summed E-state index contributed by atoms with van der Waals surface area (Å²) in [5.74, 6) is -1.19. The van der Waals surface area contributed by atoms with Crippen LogP contribution >= 0.6 is 0 Å². The van der Waals surface area contributed by atoms with Gasteiger partial charge in [-0.25, -0.2) is 17.9 Å². The van der Waals surface area contributed by atoms with E-state index in [1.807, 2.05) is 53.4 Å². The molecular weight excluding hydrogens is 546 g/mol. The summed E-state index contributed by atoms with van der Waals surface area (Å²) in [6, 6.07) is 17.9. The lowest BCUT2D eigenvalue weighted by molar-refractivity contribution is -0.216. The molecule has 1 aliphatic carbocycles. The van der Waals surface area contributed by atoms with Crippen LogP contribution in [0, 0.1) is 0 Å². The number of sulfonamides is 1. The molecule has 0 bridgehead atoms. The van der Waals surface area contributed by atoms with Crippen molar-refractivity contribution in [2.75, 3.05) is 11.5 Å². The first-order valence-corrected chi connectivity index (χ1v) is 14.3. The third-order valence-electron chi connectivity index (χ3n) is 6.80. The second kappa shape index (κ2) is 11.0. The number of esters is 1. The number of nitrogens with zero attached hydrogens (tertiary/aromatic N) is 1. The lowest BCUT2D eigenvalue weighted by Gasteiger charge is -2.44. The maximum Gasteiger partial charge on any atom is 0.502 e. The number of carbonyl (C=O) groups excluding carboxylic acids is 1. The van der Waals surface area contributed by atoms with Crippen molar-refractivity contribution in [2.45, 2.75) is 55.4 Å². The molecule has 9 nitrogen and oxygen atoms in total. The number of hydrogen-bond donors (Lipinski definition) is 2. The predicted octanol–water partition coefficient (Wildman–Crippen LogP) is 4.73. The number of benzene rings is 3. The molecule has 3 aromatic rings. The first-order chi connectivity index (χ1) is 19.1. The Labute approximate surface area is 230 Å². The van der Waals surface area contributed by atoms with Crippen LogP contribution in [0.15, 0.2) is 77.7 Å². The van der Waals surface area contributed by atoms with Crippen molar-refractivity contribution in [1.29, 1.82) is 0 Å². The molecule has 212 valence electrons. The van der Waals surface area contributed by atoms with Crippen molar-refractivity contribution >= 4 is 27.4 Å². The van der Waals surface area contributed by atoms with Crippen LogP contribution in [0.25, 0.3) is 0 Å². The first kappa shape index (κ1) is 27.8. The van der Waals surface area contributed by atoms with E-state index in [0.717, 1.165) is 23.5 Å². The topological polar surface area (TPSA) is 114 Å². The summed E-state index contributed by atoms with van der Waals surface area (Å²) in [6.07, 6.45) is -3.85. The number of anilines is 2. The third-order valence-corrected chi connectivity index (χ3v) is 8.29. The van der Waals surface area contributed by atoms with E-state index in [9.17, 15) is 27.1 Å². The first-order valence-electron chi connectivity index (χ1n) is 12.8. The van der Waals surface area contributed by atoms with Gasteiger partial charge in [0.15, 0.2) is 11.5 Å². The molecule has 2 unspecified atom stereocenters. The largest absolute Gasteiger partial charge is 0.502 e. The summed E-state index contributed by atoms with van der Waals surface area (Å²) in [4.78, 5) is 13.1. The van der Waals surface area contributed by atoms with Crippen molar-refractivity contribution in [3.05, 3.63) is 72.8 Å². The zero-order chi connectivity index (χ0) is 28.5. The van der Waals surface area contributed by atoms with Crippen LogP contribution in [0.5, 0.6) is 17.2 Å². The molecule has 0 spiro atoms. The van der Waals surface area contributed by atoms with Gasteiger partial charge in [0, 0.05) is 6.07 Å². The minimum absolute atomic E-state index is 0.275. The number of aliphatic hydroxyl groups is 1. The fourth-order valence-corrected chi connectivity index (χ4v) is 6.36. The van der Waals surface area contributed by atoms with Crippen LogP contribution < -0.4 is 19.1 Å². The Bertz CT molecular complexity index is 1460. The molecule has 12 heteroatoms. The normalized spacial score (nSPS) is 20.6. The molecule has 0 radical (unpaired) electrons. The van der Waals surface area contributed by atoms with Crippen molar-refractivity contribution in [2.24, 2.45) is 0 Å². The molecule has 1 fully saturated rings. The Balaban J connectivity index is 1.38. The predicted molar refractivity (Wildman–Crippen MR) is 142 cm³/mol. The van der Waals surface area contributed by atoms with Gasteiger partial charge in [0.2, 0.25) is 10.0 Å². The second-order valence-electron chi connectivity index (χ2n) is 9.44. The van der Waals surface area contributed by atoms with Crippen LogP contribution in [-0.2, 0) is 19.6 Å². The molecule has 2 aliphatic rings. The van der Waals surface area contributed by atoms with Crippen molar-refractivity contribution in [3.63, 3.8) is 0 Å². The molecule has 3 atom stereocenters. The fourth-order valence-electron chi connectivity index (χ4n) is 5.03. The number of alkyl halides is 2. The molecule has 5 rings (SSSR count). The van der Waals surface area contributed by atoms with E-state index in [0.29, 0.717) is 30.8 Å². The molecule has 0 saturated heterocycles. The van der Waals surface area contributed by atoms with E-state index < -0.39 is 46.0 Å². The van der Waals surface area contributed by atoms with Gasteiger partial charge in [-0.05, 0) is 62.6 Å². The van der Waals surface area contributed by atoms with Gasteiger partial charge < -0.3 is 24.2 Å². The van der Waals surface area contributed by atoms with Gasteiger partial charge in [0.1, 0.15) is 5.75 Å². The van der Waals surface area contributed by atoms with Crippen LogP contribution in [0.3, 0.4) is 0 Å². The van der Waals surface area contributed by atoms with Crippen molar-refractivity contribution in [3.8, 4) is 17.2 Å². The van der Waals surface area contributed by atoms with Gasteiger partial charge >= 0.3 is 12.1 Å². The van der Waals surface area contributed by atoms with Gasteiger partial charge in [-0.3, -0.25) is 0 Å². The Morgan fingerprint density at radius 3 is 2.35 bits per heavy atom. The highest BCUT2D eigenvalue weighted by molar-refractivity contribution is 7.89. The summed E-state index contributed by atoms with van der Waals surface area (Å²) >= 11 is 0. The van der Waals surface area contributed by atoms with Crippen molar-refractivity contribution in [1.82, 2.24) is 4.72 Å². The third kappa shape index (κ3) is 5.47. The Kier molecular flexibility index (Phi) is 7.67. The standard InChI is InChI=1S/C28H28F2N2O7S/c1-2-37-27(34)28(29,30)39-18-9-7-10-19(17-18)40(35,36)31-20-11-8-14-23(26(20)33)32-21-12-3-5-15-24(21)38-25-16-6-4-13-22(25)32/h3-7,9-10,12-13,15-17,20,23,26,31,33H,2,8,11,14H2,1H3/t20?,23?,26-/m0/s1. The summed E-state index contributed by atoms with van der Waals surface area (Å²) < 4.78 is 72.1. The quantitative estimate of drug-likeness (QED) is 0.372. The van der Waals surface area contributed by atoms with Crippen LogP contribution in [0.2, 0.25) is 0 Å². The number of para-hydroxylation sites is 4. The van der Waals surface area contributed by atoms with Gasteiger partial charge in [-0.1, -0.05) is 30.3 Å². The molecule has 0 amide bonds. The monoisotopic (exact) mass is 574 g/mol. The Morgan fingerprint density at radius 2 is 1.70 bits per heavy atom. The van der Waals surface area contributed by atoms with Crippen LogP contribution in [-0.4, -0.2) is 50.4 Å². The summed E-state index contributed by atoms with van der Waals surface area (Å²) in [6.45, 7) is 1.09. The molecule has 3 aromatic carbocycles. The summed E-state index contributed by atoms with van der Waals surface area (Å²) in [5, 5.41) is 11.5. The molecule has 1 aliphatic heterocycles. The summed E-state index contributed by atoms with van der Waals surface area (Å²) in [5.41, 5.74) is 1.50. The number of ether oxygens (including phenoxy) is 3. The lowest BCUT2D eigenvalue weighted by Crippen LogP contribution is -2.56. The Hall–Kier alpha value is -3.74. The minimum Gasteiger partial charge on any atom is -0.459 e. The highest BCUT2D eigenvalue weighted by atomic mass is 32.2. The number of fused-ring (bicyclic) bond motifs is 2. The van der Waals surface area contributed by atoms with E-state index in [1.54, 1.807) is 0 Å². The van der Waals surface area contributed by atoms with Gasteiger partial charge in [0.05, 0.1) is 41.1 Å². The van der Waals surface area contributed by atoms with E-state index >= 15 is 0 Å². The summed E-state index contributed by atoms with van der Waals surface area (Å²) in [7, 11) is -4.27. The average Bonchev–Trinajstić information content (AvgIpc) is 2.93. The molecule has 40 heavy (non-hydrogen) atoms. The van der Waals surface area contributed by atoms with Crippen LogP contribution in [0.4, 0.5) is 20.2 Å². The number of carbonyl (C=O) groups is 1. The Morgan fingerprint density at radius 1 is 1.05 bits per heavy atom. The zero-order valence-corrected chi connectivity index (χ0v) is 22.3. The van der Waals surface area contributed by atoms with E-state index in [-0.39, 0.29) is 11.5 Å². The van der Waals surface area contributed by atoms with Gasteiger partial charge in [-0.15, -0.1) is 0 Å². The fraction of sp³-hybridized carbons (Fsp3) is 0.321. The molecular formula is C28H28F2N2O7S. The van der Waals surface area contributed by atoms with E-state index in [2.05, 4.69) is 14.2 Å². The van der Waals surface area contributed by atoms with Gasteiger partial charge in [-0.2, -0.15) is 8.78 Å². The maximum atomic E-state index is 14.1. The zero-order valence-electron chi connectivity index (χ0n) is 21.5. The number of nitrogens with one attached hydrogen (secondary N) is 1. The average molecular weight is 575 g/mol. The molecule has 1 heterocycles. The number of rotatable bonds is 8. The van der Waals surface area contributed by atoms with E-state index in [1.165, 1.54) is 19.1 Å². The van der Waals surface area contributed by atoms with E-state index in [4.69, 9.17) is 4.74 Å². The number of hydrogen-bond acceptors (Lipinski definition) is 8. The minimum atomic E-state index is -4.30. The highest BCUT2D eigenvalue weighted by Gasteiger charge is 2.45. The van der Waals surface area contributed by atoms with Crippen LogP contribution in [0.1, 0.15) is 26.2 Å². The number of aliphatic hydroxyl groups excluding tert-OH is 1. The maximum absolute atomic E-state index is 14.1.